The van der Waals surface area contributed by atoms with E-state index >= 15 is 0 Å². The second-order valence-corrected chi connectivity index (χ2v) is 9.99. The molecule has 2 heterocycles. The molecule has 3 aromatic carbocycles. The van der Waals surface area contributed by atoms with Crippen LogP contribution < -0.4 is 29.7 Å². The molecule has 1 aromatic heterocycles. The van der Waals surface area contributed by atoms with Gasteiger partial charge in [-0.2, -0.15) is 4.98 Å². The van der Waals surface area contributed by atoms with Crippen LogP contribution in [0.2, 0.25) is 0 Å². The first-order valence-corrected chi connectivity index (χ1v) is 13.7. The second-order valence-electron chi connectivity index (χ2n) is 9.99. The van der Waals surface area contributed by atoms with Gasteiger partial charge in [-0.05, 0) is 53.8 Å². The summed E-state index contributed by atoms with van der Waals surface area (Å²) in [6, 6.07) is 19.7. The Hall–Kier alpha value is -4.86. The Balaban J connectivity index is 1.22. The lowest BCUT2D eigenvalue weighted by Crippen LogP contribution is -2.43. The number of anilines is 3. The molecule has 5 rings (SSSR count). The van der Waals surface area contributed by atoms with Crippen molar-refractivity contribution in [3.8, 4) is 28.4 Å². The number of carbonyl (C=O) groups excluding carboxylic acids is 1. The molecule has 1 atom stereocenters. The summed E-state index contributed by atoms with van der Waals surface area (Å²) >= 11 is 0. The zero-order valence-electron chi connectivity index (χ0n) is 23.9. The lowest BCUT2D eigenvalue weighted by molar-refractivity contribution is -0.125. The van der Waals surface area contributed by atoms with Crippen LogP contribution in [-0.2, 0) is 11.3 Å². The predicted molar refractivity (Wildman–Crippen MR) is 160 cm³/mol. The van der Waals surface area contributed by atoms with Crippen LogP contribution in [0.25, 0.3) is 11.1 Å². The Morgan fingerprint density at radius 2 is 1.74 bits per heavy atom. The van der Waals surface area contributed by atoms with Gasteiger partial charge in [0.2, 0.25) is 17.6 Å². The van der Waals surface area contributed by atoms with Gasteiger partial charge in [-0.3, -0.25) is 4.79 Å². The third-order valence-corrected chi connectivity index (χ3v) is 7.25. The molecule has 0 bridgehead atoms. The van der Waals surface area contributed by atoms with Crippen molar-refractivity contribution in [2.24, 2.45) is 5.92 Å². The summed E-state index contributed by atoms with van der Waals surface area (Å²) in [5.74, 6) is 2.26. The zero-order chi connectivity index (χ0) is 29.5. The lowest BCUT2D eigenvalue weighted by atomic mass is 9.97. The number of rotatable bonds is 10. The van der Waals surface area contributed by atoms with Gasteiger partial charge in [0.25, 0.3) is 0 Å². The Bertz CT molecular complexity index is 1510. The van der Waals surface area contributed by atoms with E-state index in [1.165, 1.54) is 12.1 Å². The van der Waals surface area contributed by atoms with E-state index in [-0.39, 0.29) is 17.6 Å². The van der Waals surface area contributed by atoms with Gasteiger partial charge in [-0.25, -0.2) is 9.37 Å². The number of amides is 1. The molecule has 4 aromatic rings. The van der Waals surface area contributed by atoms with Gasteiger partial charge in [0.1, 0.15) is 11.6 Å². The number of nitrogens with zero attached hydrogens (tertiary/aromatic N) is 3. The Morgan fingerprint density at radius 1 is 0.976 bits per heavy atom. The van der Waals surface area contributed by atoms with Crippen molar-refractivity contribution in [2.45, 2.75) is 19.4 Å². The highest BCUT2D eigenvalue weighted by molar-refractivity contribution is 5.79. The maximum absolute atomic E-state index is 13.3. The van der Waals surface area contributed by atoms with Crippen LogP contribution in [0.3, 0.4) is 0 Å². The lowest BCUT2D eigenvalue weighted by Gasteiger charge is -2.33. The van der Waals surface area contributed by atoms with Gasteiger partial charge >= 0.3 is 0 Å². The van der Waals surface area contributed by atoms with Crippen LogP contribution in [0.15, 0.2) is 72.9 Å². The minimum atomic E-state index is -0.267. The molecule has 1 fully saturated rings. The van der Waals surface area contributed by atoms with Gasteiger partial charge in [-0.15, -0.1) is 0 Å². The average molecular weight is 572 g/mol. The highest BCUT2D eigenvalue weighted by Crippen LogP contribution is 2.40. The van der Waals surface area contributed by atoms with Crippen molar-refractivity contribution in [2.75, 3.05) is 44.6 Å². The molecule has 0 spiro atoms. The largest absolute Gasteiger partial charge is 0.493 e. The molecule has 9 nitrogen and oxygen atoms in total. The molecular formula is C32H34FN5O4. The maximum Gasteiger partial charge on any atom is 0.229 e. The zero-order valence-corrected chi connectivity index (χ0v) is 23.9. The first-order chi connectivity index (χ1) is 20.5. The number of methoxy groups -OCH3 is 3. The van der Waals surface area contributed by atoms with Crippen molar-refractivity contribution in [3.05, 3.63) is 84.3 Å². The number of benzene rings is 3. The third kappa shape index (κ3) is 6.71. The number of ether oxygens (including phenoxy) is 3. The number of hydrogen-bond donors (Lipinski definition) is 2. The number of piperidine rings is 1. The summed E-state index contributed by atoms with van der Waals surface area (Å²) in [6.45, 7) is 1.77. The molecule has 42 heavy (non-hydrogen) atoms. The van der Waals surface area contributed by atoms with Gasteiger partial charge in [0, 0.05) is 43.7 Å². The van der Waals surface area contributed by atoms with Crippen molar-refractivity contribution in [1.29, 1.82) is 0 Å². The molecule has 0 aliphatic carbocycles. The highest BCUT2D eigenvalue weighted by Gasteiger charge is 2.27. The van der Waals surface area contributed by atoms with E-state index < -0.39 is 0 Å². The van der Waals surface area contributed by atoms with Gasteiger partial charge in [0.05, 0.1) is 27.2 Å². The minimum Gasteiger partial charge on any atom is -0.493 e. The fourth-order valence-electron chi connectivity index (χ4n) is 5.10. The summed E-state index contributed by atoms with van der Waals surface area (Å²) in [5.41, 5.74) is 3.57. The van der Waals surface area contributed by atoms with Gasteiger partial charge in [0.15, 0.2) is 11.5 Å². The molecule has 0 saturated carbocycles. The van der Waals surface area contributed by atoms with Crippen LogP contribution in [0.1, 0.15) is 18.4 Å². The Kier molecular flexibility index (Phi) is 9.01. The third-order valence-electron chi connectivity index (χ3n) is 7.25. The topological polar surface area (TPSA) is 97.8 Å². The van der Waals surface area contributed by atoms with Crippen molar-refractivity contribution >= 4 is 23.4 Å². The van der Waals surface area contributed by atoms with Crippen LogP contribution in [0, 0.1) is 11.7 Å². The van der Waals surface area contributed by atoms with E-state index in [2.05, 4.69) is 20.5 Å². The van der Waals surface area contributed by atoms with E-state index in [1.807, 2.05) is 30.3 Å². The predicted octanol–water partition coefficient (Wildman–Crippen LogP) is 5.58. The van der Waals surface area contributed by atoms with Crippen LogP contribution in [-0.4, -0.2) is 50.3 Å². The molecule has 1 amide bonds. The number of nitrogens with one attached hydrogen (secondary N) is 2. The second kappa shape index (κ2) is 13.2. The molecule has 0 radical (unpaired) electrons. The van der Waals surface area contributed by atoms with Crippen molar-refractivity contribution < 1.29 is 23.4 Å². The van der Waals surface area contributed by atoms with Gasteiger partial charge < -0.3 is 29.7 Å². The summed E-state index contributed by atoms with van der Waals surface area (Å²) in [5, 5.41) is 6.31. The first kappa shape index (κ1) is 28.7. The molecule has 1 aliphatic rings. The molecule has 218 valence electrons. The number of aromatic nitrogens is 2. The van der Waals surface area contributed by atoms with E-state index in [4.69, 9.17) is 19.2 Å². The van der Waals surface area contributed by atoms with Crippen LogP contribution >= 0.6 is 0 Å². The van der Waals surface area contributed by atoms with Crippen LogP contribution in [0.5, 0.6) is 17.2 Å². The maximum atomic E-state index is 13.3. The standard InChI is InChI=1S/C32H34FN5O4/c1-40-27-17-26(18-28(41-2)30(27)42-3)36-32-34-14-13-29(37-32)38-15-5-8-24(20-38)31(39)35-19-21-6-4-7-23(16-21)22-9-11-25(33)12-10-22/h4,6-7,9-14,16-18,24H,5,8,15,19-20H2,1-3H3,(H,35,39)(H,34,36,37). The van der Waals surface area contributed by atoms with E-state index in [0.29, 0.717) is 42.0 Å². The van der Waals surface area contributed by atoms with Crippen molar-refractivity contribution in [3.63, 3.8) is 0 Å². The summed E-state index contributed by atoms with van der Waals surface area (Å²) in [4.78, 5) is 24.4. The van der Waals surface area contributed by atoms with E-state index in [9.17, 15) is 9.18 Å². The van der Waals surface area contributed by atoms with Crippen LogP contribution in [0.4, 0.5) is 21.8 Å². The Morgan fingerprint density at radius 3 is 2.45 bits per heavy atom. The summed E-state index contributed by atoms with van der Waals surface area (Å²) < 4.78 is 29.6. The van der Waals surface area contributed by atoms with Gasteiger partial charge in [-0.1, -0.05) is 30.3 Å². The quantitative estimate of drug-likeness (QED) is 0.255. The molecule has 1 unspecified atom stereocenters. The fourth-order valence-corrected chi connectivity index (χ4v) is 5.10. The monoisotopic (exact) mass is 571 g/mol. The van der Waals surface area contributed by atoms with Crippen molar-refractivity contribution in [1.82, 2.24) is 15.3 Å². The van der Waals surface area contributed by atoms with E-state index in [0.717, 1.165) is 41.9 Å². The van der Waals surface area contributed by atoms with E-state index in [1.54, 1.807) is 51.8 Å². The molecule has 1 saturated heterocycles. The summed E-state index contributed by atoms with van der Waals surface area (Å²) in [6.07, 6.45) is 3.37. The average Bonchev–Trinajstić information content (AvgIpc) is 3.03. The molecule has 2 N–H and O–H groups in total. The number of carbonyl (C=O) groups is 1. The number of halogens is 1. The minimum absolute atomic E-state index is 0.0108. The number of hydrogen-bond acceptors (Lipinski definition) is 8. The SMILES string of the molecule is COc1cc(Nc2nccc(N3CCCC(C(=O)NCc4cccc(-c5ccc(F)cc5)c4)C3)n2)cc(OC)c1OC. The highest BCUT2D eigenvalue weighted by atomic mass is 19.1. The fraction of sp³-hybridized carbons (Fsp3) is 0.281. The molecular weight excluding hydrogens is 537 g/mol. The first-order valence-electron chi connectivity index (χ1n) is 13.7. The Labute approximate surface area is 244 Å². The molecule has 1 aliphatic heterocycles. The molecule has 10 heteroatoms. The smallest absolute Gasteiger partial charge is 0.229 e. The normalized spacial score (nSPS) is 14.7. The summed E-state index contributed by atoms with van der Waals surface area (Å²) in [7, 11) is 4.68.